The molecule has 6 nitrogen and oxygen atoms in total. The van der Waals surface area contributed by atoms with Crippen LogP contribution in [0.5, 0.6) is 11.5 Å². The number of nitrogens with one attached hydrogen (secondary N) is 1. The molecule has 1 amide bonds. The Morgan fingerprint density at radius 2 is 1.79 bits per heavy atom. The number of methoxy groups -OCH3 is 2. The Morgan fingerprint density at radius 1 is 1.07 bits per heavy atom. The van der Waals surface area contributed by atoms with Crippen LogP contribution in [0.1, 0.15) is 36.6 Å². The zero-order valence-corrected chi connectivity index (χ0v) is 17.2. The van der Waals surface area contributed by atoms with Gasteiger partial charge in [-0.15, -0.1) is 0 Å². The van der Waals surface area contributed by atoms with Crippen molar-refractivity contribution in [2.45, 2.75) is 26.3 Å². The molecule has 0 radical (unpaired) electrons. The Balaban J connectivity index is 1.86. The normalized spacial score (nSPS) is 11.7. The van der Waals surface area contributed by atoms with Gasteiger partial charge in [0, 0.05) is 11.6 Å². The van der Waals surface area contributed by atoms with Crippen molar-refractivity contribution in [3.8, 4) is 11.5 Å². The molecule has 0 spiro atoms. The lowest BCUT2D eigenvalue weighted by Gasteiger charge is -2.14. The number of hydrogen-bond acceptors (Lipinski definition) is 5. The van der Waals surface area contributed by atoms with Crippen molar-refractivity contribution in [1.82, 2.24) is 5.32 Å². The number of benzene rings is 2. The summed E-state index contributed by atoms with van der Waals surface area (Å²) >= 11 is 0. The lowest BCUT2D eigenvalue weighted by Crippen LogP contribution is -2.30. The molecule has 6 heteroatoms. The Labute approximate surface area is 171 Å². The number of rotatable bonds is 9. The number of hydrogen-bond donors (Lipinski definition) is 1. The Bertz CT molecular complexity index is 858. The monoisotopic (exact) mass is 397 g/mol. The first-order valence-electron chi connectivity index (χ1n) is 9.41. The van der Waals surface area contributed by atoms with Crippen molar-refractivity contribution in [2.75, 3.05) is 20.8 Å². The molecule has 0 aliphatic rings. The van der Waals surface area contributed by atoms with E-state index in [1.165, 1.54) is 11.6 Å². The third kappa shape index (κ3) is 6.68. The van der Waals surface area contributed by atoms with Crippen LogP contribution in [0.25, 0.3) is 6.08 Å². The van der Waals surface area contributed by atoms with E-state index in [-0.39, 0.29) is 18.6 Å². The fourth-order valence-electron chi connectivity index (χ4n) is 2.72. The van der Waals surface area contributed by atoms with Crippen molar-refractivity contribution in [3.05, 3.63) is 65.2 Å². The molecular weight excluding hydrogens is 370 g/mol. The molecule has 0 aliphatic heterocycles. The SMILES string of the molecule is CCc1ccc([C@H](C)NC(=O)COC(=O)/C=C/c2cc(OC)ccc2OC)cc1. The highest BCUT2D eigenvalue weighted by Gasteiger charge is 2.11. The molecule has 2 rings (SSSR count). The Morgan fingerprint density at radius 3 is 2.41 bits per heavy atom. The summed E-state index contributed by atoms with van der Waals surface area (Å²) in [5, 5.41) is 2.82. The van der Waals surface area contributed by atoms with E-state index in [4.69, 9.17) is 14.2 Å². The first kappa shape index (κ1) is 22.0. The van der Waals surface area contributed by atoms with Crippen LogP contribution in [0.3, 0.4) is 0 Å². The zero-order chi connectivity index (χ0) is 21.2. The zero-order valence-electron chi connectivity index (χ0n) is 17.2. The third-order valence-corrected chi connectivity index (χ3v) is 4.45. The number of amides is 1. The molecule has 0 bridgehead atoms. The van der Waals surface area contributed by atoms with Gasteiger partial charge in [-0.2, -0.15) is 0 Å². The lowest BCUT2D eigenvalue weighted by molar-refractivity contribution is -0.144. The minimum Gasteiger partial charge on any atom is -0.497 e. The van der Waals surface area contributed by atoms with Gasteiger partial charge in [-0.3, -0.25) is 4.79 Å². The van der Waals surface area contributed by atoms with E-state index in [1.807, 2.05) is 31.2 Å². The quantitative estimate of drug-likeness (QED) is 0.516. The van der Waals surface area contributed by atoms with Crippen molar-refractivity contribution in [2.24, 2.45) is 0 Å². The summed E-state index contributed by atoms with van der Waals surface area (Å²) in [6, 6.07) is 13.1. The summed E-state index contributed by atoms with van der Waals surface area (Å²) < 4.78 is 15.4. The fraction of sp³-hybridized carbons (Fsp3) is 0.304. The second-order valence-electron chi connectivity index (χ2n) is 6.43. The van der Waals surface area contributed by atoms with E-state index >= 15 is 0 Å². The van der Waals surface area contributed by atoms with Crippen LogP contribution in [-0.2, 0) is 20.7 Å². The minimum atomic E-state index is -0.620. The second-order valence-corrected chi connectivity index (χ2v) is 6.43. The molecule has 1 N–H and O–H groups in total. The molecule has 2 aromatic carbocycles. The molecule has 0 saturated carbocycles. The lowest BCUT2D eigenvalue weighted by atomic mass is 10.1. The molecule has 0 aliphatic carbocycles. The first-order valence-corrected chi connectivity index (χ1v) is 9.41. The van der Waals surface area contributed by atoms with E-state index in [1.54, 1.807) is 38.5 Å². The number of esters is 1. The van der Waals surface area contributed by atoms with Crippen molar-refractivity contribution < 1.29 is 23.8 Å². The highest BCUT2D eigenvalue weighted by Crippen LogP contribution is 2.25. The fourth-order valence-corrected chi connectivity index (χ4v) is 2.72. The summed E-state index contributed by atoms with van der Waals surface area (Å²) in [6.45, 7) is 3.62. The van der Waals surface area contributed by atoms with Crippen molar-refractivity contribution >= 4 is 18.0 Å². The van der Waals surface area contributed by atoms with Gasteiger partial charge in [0.2, 0.25) is 0 Å². The molecule has 0 heterocycles. The van der Waals surface area contributed by atoms with Crippen LogP contribution in [0.2, 0.25) is 0 Å². The highest BCUT2D eigenvalue weighted by atomic mass is 16.5. The summed E-state index contributed by atoms with van der Waals surface area (Å²) in [5.74, 6) is 0.248. The van der Waals surface area contributed by atoms with Crippen LogP contribution < -0.4 is 14.8 Å². The number of ether oxygens (including phenoxy) is 3. The molecule has 154 valence electrons. The maximum Gasteiger partial charge on any atom is 0.331 e. The Kier molecular flexibility index (Phi) is 8.27. The molecule has 0 fully saturated rings. The molecule has 0 aromatic heterocycles. The Hall–Kier alpha value is -3.28. The van der Waals surface area contributed by atoms with Gasteiger partial charge in [-0.1, -0.05) is 31.2 Å². The number of aryl methyl sites for hydroxylation is 1. The summed E-state index contributed by atoms with van der Waals surface area (Å²) in [6.07, 6.45) is 3.77. The van der Waals surface area contributed by atoms with Crippen LogP contribution in [0, 0.1) is 0 Å². The van der Waals surface area contributed by atoms with Gasteiger partial charge in [-0.05, 0) is 48.7 Å². The topological polar surface area (TPSA) is 73.9 Å². The van der Waals surface area contributed by atoms with Gasteiger partial charge in [0.05, 0.1) is 20.3 Å². The van der Waals surface area contributed by atoms with E-state index < -0.39 is 5.97 Å². The van der Waals surface area contributed by atoms with E-state index in [9.17, 15) is 9.59 Å². The molecule has 2 aromatic rings. The van der Waals surface area contributed by atoms with Crippen molar-refractivity contribution in [1.29, 1.82) is 0 Å². The summed E-state index contributed by atoms with van der Waals surface area (Å²) in [4.78, 5) is 24.0. The standard InChI is InChI=1S/C23H27NO5/c1-5-17-6-8-18(9-7-17)16(2)24-22(25)15-29-23(26)13-10-19-14-20(27-3)11-12-21(19)28-4/h6-14,16H,5,15H2,1-4H3,(H,24,25)/b13-10+/t16-/m0/s1. The third-order valence-electron chi connectivity index (χ3n) is 4.45. The van der Waals surface area contributed by atoms with E-state index in [0.29, 0.717) is 17.1 Å². The average Bonchev–Trinajstić information content (AvgIpc) is 2.75. The maximum absolute atomic E-state index is 12.1. The predicted octanol–water partition coefficient (Wildman–Crippen LogP) is 3.70. The maximum atomic E-state index is 12.1. The van der Waals surface area contributed by atoms with Crippen LogP contribution in [0.4, 0.5) is 0 Å². The molecule has 0 unspecified atom stereocenters. The van der Waals surface area contributed by atoms with E-state index in [0.717, 1.165) is 12.0 Å². The largest absolute Gasteiger partial charge is 0.497 e. The molecular formula is C23H27NO5. The number of carbonyl (C=O) groups is 2. The highest BCUT2D eigenvalue weighted by molar-refractivity contribution is 5.89. The predicted molar refractivity (Wildman–Crippen MR) is 112 cm³/mol. The van der Waals surface area contributed by atoms with Gasteiger partial charge >= 0.3 is 5.97 Å². The second kappa shape index (κ2) is 10.9. The molecule has 0 saturated heterocycles. The van der Waals surface area contributed by atoms with Crippen LogP contribution in [0.15, 0.2) is 48.5 Å². The smallest absolute Gasteiger partial charge is 0.331 e. The first-order chi connectivity index (χ1) is 14.0. The van der Waals surface area contributed by atoms with Crippen LogP contribution >= 0.6 is 0 Å². The summed E-state index contributed by atoms with van der Waals surface area (Å²) in [5.41, 5.74) is 2.89. The van der Waals surface area contributed by atoms with Crippen molar-refractivity contribution in [3.63, 3.8) is 0 Å². The molecule has 29 heavy (non-hydrogen) atoms. The van der Waals surface area contributed by atoms with Crippen LogP contribution in [-0.4, -0.2) is 32.7 Å². The van der Waals surface area contributed by atoms with Gasteiger partial charge < -0.3 is 19.5 Å². The van der Waals surface area contributed by atoms with E-state index in [2.05, 4.69) is 12.2 Å². The summed E-state index contributed by atoms with van der Waals surface area (Å²) in [7, 11) is 3.10. The number of carbonyl (C=O) groups excluding carboxylic acids is 2. The minimum absolute atomic E-state index is 0.177. The van der Waals surface area contributed by atoms with Gasteiger partial charge in [0.25, 0.3) is 5.91 Å². The molecule has 1 atom stereocenters. The average molecular weight is 397 g/mol. The van der Waals surface area contributed by atoms with Gasteiger partial charge in [0.15, 0.2) is 6.61 Å². The van der Waals surface area contributed by atoms with Gasteiger partial charge in [0.1, 0.15) is 11.5 Å². The van der Waals surface area contributed by atoms with Gasteiger partial charge in [-0.25, -0.2) is 4.79 Å².